The van der Waals surface area contributed by atoms with E-state index >= 15 is 0 Å². The first kappa shape index (κ1) is 19.8. The van der Waals surface area contributed by atoms with Crippen LogP contribution >= 0.6 is 0 Å². The molecular formula is C22H20N2O6. The summed E-state index contributed by atoms with van der Waals surface area (Å²) in [7, 11) is 0. The van der Waals surface area contributed by atoms with Crippen LogP contribution in [-0.4, -0.2) is 22.7 Å². The van der Waals surface area contributed by atoms with Gasteiger partial charge in [-0.3, -0.25) is 24.6 Å². The topological polar surface area (TPSA) is 107 Å². The second-order valence-corrected chi connectivity index (χ2v) is 7.83. The number of nitrogens with zero attached hydrogens (tertiary/aromatic N) is 2. The van der Waals surface area contributed by atoms with E-state index in [1.807, 2.05) is 0 Å². The molecule has 8 heteroatoms. The average Bonchev–Trinajstić information content (AvgIpc) is 2.98. The number of imide groups is 1. The molecule has 2 amide bonds. The predicted molar refractivity (Wildman–Crippen MR) is 107 cm³/mol. The highest BCUT2D eigenvalue weighted by atomic mass is 16.6. The third-order valence-corrected chi connectivity index (χ3v) is 5.79. The molecule has 0 N–H and O–H groups in total. The van der Waals surface area contributed by atoms with E-state index in [2.05, 4.69) is 6.92 Å². The van der Waals surface area contributed by atoms with Gasteiger partial charge in [0.2, 0.25) is 11.8 Å². The number of hydrogen-bond acceptors (Lipinski definition) is 6. The molecule has 30 heavy (non-hydrogen) atoms. The van der Waals surface area contributed by atoms with Gasteiger partial charge in [0.25, 0.3) is 5.69 Å². The van der Waals surface area contributed by atoms with E-state index < -0.39 is 10.9 Å². The van der Waals surface area contributed by atoms with Crippen molar-refractivity contribution < 1.29 is 24.0 Å². The van der Waals surface area contributed by atoms with Crippen molar-refractivity contribution in [2.75, 3.05) is 4.90 Å². The van der Waals surface area contributed by atoms with Crippen LogP contribution in [-0.2, 0) is 9.59 Å². The summed E-state index contributed by atoms with van der Waals surface area (Å²) < 4.78 is 5.27. The fourth-order valence-corrected chi connectivity index (χ4v) is 4.22. The molecule has 0 spiro atoms. The fourth-order valence-electron chi connectivity index (χ4n) is 4.22. The van der Waals surface area contributed by atoms with Gasteiger partial charge >= 0.3 is 5.97 Å². The van der Waals surface area contributed by atoms with Gasteiger partial charge in [-0.1, -0.05) is 13.0 Å². The maximum atomic E-state index is 12.9. The van der Waals surface area contributed by atoms with Crippen LogP contribution < -0.4 is 9.64 Å². The van der Waals surface area contributed by atoms with E-state index in [-0.39, 0.29) is 40.7 Å². The Morgan fingerprint density at radius 1 is 1.07 bits per heavy atom. The first-order valence-electron chi connectivity index (χ1n) is 9.79. The zero-order valence-corrected chi connectivity index (χ0v) is 16.3. The van der Waals surface area contributed by atoms with Crippen LogP contribution in [0.2, 0.25) is 0 Å². The summed E-state index contributed by atoms with van der Waals surface area (Å²) in [5, 5.41) is 10.7. The number of carbonyl (C=O) groups excluding carboxylic acids is 3. The molecule has 1 saturated carbocycles. The molecule has 0 aromatic heterocycles. The third-order valence-electron chi connectivity index (χ3n) is 5.79. The third kappa shape index (κ3) is 3.56. The lowest BCUT2D eigenvalue weighted by Gasteiger charge is -2.25. The molecule has 0 bridgehead atoms. The monoisotopic (exact) mass is 408 g/mol. The molecule has 2 aliphatic rings. The molecule has 1 heterocycles. The van der Waals surface area contributed by atoms with Gasteiger partial charge < -0.3 is 4.74 Å². The van der Waals surface area contributed by atoms with Crippen LogP contribution in [0.3, 0.4) is 0 Å². The highest BCUT2D eigenvalue weighted by Gasteiger charge is 2.50. The van der Waals surface area contributed by atoms with Crippen molar-refractivity contribution in [3.05, 3.63) is 64.2 Å². The summed E-state index contributed by atoms with van der Waals surface area (Å²) in [6, 6.07) is 11.3. The first-order chi connectivity index (χ1) is 14.3. The SMILES string of the molecule is C[C@@H]1CC[C@@H]2C(=O)N(c3cccc(C(=O)Oc4ccc([N+](=O)[O-])cc4)c3)C(=O)[C@@H]2C1. The average molecular weight is 408 g/mol. The Hall–Kier alpha value is -3.55. The summed E-state index contributed by atoms with van der Waals surface area (Å²) >= 11 is 0. The van der Waals surface area contributed by atoms with Crippen molar-refractivity contribution in [3.8, 4) is 5.75 Å². The number of fused-ring (bicyclic) bond motifs is 1. The van der Waals surface area contributed by atoms with E-state index in [1.54, 1.807) is 12.1 Å². The quantitative estimate of drug-likeness (QED) is 0.251. The number of anilines is 1. The van der Waals surface area contributed by atoms with Gasteiger partial charge in [-0.2, -0.15) is 0 Å². The molecule has 1 saturated heterocycles. The molecule has 0 radical (unpaired) electrons. The second kappa shape index (κ2) is 7.70. The summed E-state index contributed by atoms with van der Waals surface area (Å²) in [5.41, 5.74) is 0.415. The number of esters is 1. The molecule has 154 valence electrons. The lowest BCUT2D eigenvalue weighted by atomic mass is 9.76. The molecule has 0 unspecified atom stereocenters. The van der Waals surface area contributed by atoms with Crippen molar-refractivity contribution in [1.82, 2.24) is 0 Å². The Kier molecular flexibility index (Phi) is 5.07. The largest absolute Gasteiger partial charge is 0.423 e. The number of rotatable bonds is 4. The number of non-ortho nitro benzene ring substituents is 1. The molecular weight excluding hydrogens is 388 g/mol. The van der Waals surface area contributed by atoms with E-state index in [4.69, 9.17) is 4.74 Å². The lowest BCUT2D eigenvalue weighted by molar-refractivity contribution is -0.384. The van der Waals surface area contributed by atoms with Crippen LogP contribution in [0.15, 0.2) is 48.5 Å². The van der Waals surface area contributed by atoms with Gasteiger partial charge in [0, 0.05) is 12.1 Å². The highest BCUT2D eigenvalue weighted by molar-refractivity contribution is 6.22. The standard InChI is InChI=1S/C22H20N2O6/c1-13-5-10-18-19(11-13)21(26)23(20(18)25)16-4-2-3-14(12-16)22(27)30-17-8-6-15(7-9-17)24(28)29/h2-4,6-9,12-13,18-19H,5,10-11H2,1H3/t13-,18+,19-/m1/s1. The van der Waals surface area contributed by atoms with Crippen LogP contribution in [0, 0.1) is 27.9 Å². The number of benzene rings is 2. The minimum Gasteiger partial charge on any atom is -0.423 e. The number of nitro groups is 1. The number of amides is 2. The summed E-state index contributed by atoms with van der Waals surface area (Å²) in [6.07, 6.45) is 2.33. The molecule has 2 aromatic rings. The van der Waals surface area contributed by atoms with Crippen molar-refractivity contribution in [1.29, 1.82) is 0 Å². The van der Waals surface area contributed by atoms with Crippen molar-refractivity contribution in [2.45, 2.75) is 26.2 Å². The van der Waals surface area contributed by atoms with Gasteiger partial charge in [-0.15, -0.1) is 0 Å². The maximum absolute atomic E-state index is 12.9. The van der Waals surface area contributed by atoms with Crippen molar-refractivity contribution in [2.24, 2.45) is 17.8 Å². The van der Waals surface area contributed by atoms with Crippen molar-refractivity contribution in [3.63, 3.8) is 0 Å². The summed E-state index contributed by atoms with van der Waals surface area (Å²) in [6.45, 7) is 2.09. The highest BCUT2D eigenvalue weighted by Crippen LogP contribution is 2.42. The number of carbonyl (C=O) groups is 3. The van der Waals surface area contributed by atoms with Crippen LogP contribution in [0.4, 0.5) is 11.4 Å². The van der Waals surface area contributed by atoms with E-state index in [1.165, 1.54) is 41.3 Å². The molecule has 2 fully saturated rings. The van der Waals surface area contributed by atoms with Gasteiger partial charge in [0.1, 0.15) is 5.75 Å². The zero-order chi connectivity index (χ0) is 21.4. The molecule has 3 atom stereocenters. The van der Waals surface area contributed by atoms with Crippen molar-refractivity contribution >= 4 is 29.2 Å². The number of ether oxygens (including phenoxy) is 1. The Bertz CT molecular complexity index is 1030. The maximum Gasteiger partial charge on any atom is 0.343 e. The molecule has 4 rings (SSSR count). The van der Waals surface area contributed by atoms with Crippen LogP contribution in [0.25, 0.3) is 0 Å². The smallest absolute Gasteiger partial charge is 0.343 e. The van der Waals surface area contributed by atoms with Gasteiger partial charge in [-0.05, 0) is 55.5 Å². The predicted octanol–water partition coefficient (Wildman–Crippen LogP) is 3.74. The number of nitro benzene ring substituents is 1. The second-order valence-electron chi connectivity index (χ2n) is 7.83. The first-order valence-corrected chi connectivity index (χ1v) is 9.79. The van der Waals surface area contributed by atoms with Crippen LogP contribution in [0.1, 0.15) is 36.5 Å². The number of hydrogen-bond donors (Lipinski definition) is 0. The zero-order valence-electron chi connectivity index (χ0n) is 16.3. The summed E-state index contributed by atoms with van der Waals surface area (Å²) in [5.74, 6) is -1.12. The van der Waals surface area contributed by atoms with E-state index in [0.29, 0.717) is 24.4 Å². The van der Waals surface area contributed by atoms with E-state index in [0.717, 1.165) is 6.42 Å². The Labute approximate surface area is 172 Å². The normalized spacial score (nSPS) is 23.2. The Balaban J connectivity index is 1.54. The molecule has 1 aliphatic carbocycles. The van der Waals surface area contributed by atoms with Crippen LogP contribution in [0.5, 0.6) is 5.75 Å². The molecule has 1 aliphatic heterocycles. The lowest BCUT2D eigenvalue weighted by Crippen LogP contribution is -2.31. The molecule has 2 aromatic carbocycles. The Morgan fingerprint density at radius 3 is 2.47 bits per heavy atom. The fraction of sp³-hybridized carbons (Fsp3) is 0.318. The Morgan fingerprint density at radius 2 is 1.77 bits per heavy atom. The minimum absolute atomic E-state index is 0.112. The van der Waals surface area contributed by atoms with Gasteiger partial charge in [0.15, 0.2) is 0 Å². The van der Waals surface area contributed by atoms with Gasteiger partial charge in [0.05, 0.1) is 28.0 Å². The minimum atomic E-state index is -0.684. The van der Waals surface area contributed by atoms with Gasteiger partial charge in [-0.25, -0.2) is 4.79 Å². The van der Waals surface area contributed by atoms with E-state index in [9.17, 15) is 24.5 Å². The summed E-state index contributed by atoms with van der Waals surface area (Å²) in [4.78, 5) is 49.6. The molecule has 8 nitrogen and oxygen atoms in total.